The van der Waals surface area contributed by atoms with Crippen molar-refractivity contribution < 1.29 is 0 Å². The smallest absolute Gasteiger partial charge is 0.0103 e. The first-order valence-corrected chi connectivity index (χ1v) is 5.02. The van der Waals surface area contributed by atoms with E-state index in [1.165, 1.54) is 16.3 Å². The van der Waals surface area contributed by atoms with E-state index in [4.69, 9.17) is 5.73 Å². The van der Waals surface area contributed by atoms with Crippen molar-refractivity contribution in [3.05, 3.63) is 48.0 Å². The minimum Gasteiger partial charge on any atom is -0.258 e. The summed E-state index contributed by atoms with van der Waals surface area (Å²) >= 11 is 0. The van der Waals surface area contributed by atoms with Gasteiger partial charge in [-0.05, 0) is 29.2 Å². The molecule has 0 bridgehead atoms. The Labute approximate surface area is 84.5 Å². The quantitative estimate of drug-likeness (QED) is 0.700. The molecule has 1 radical (unpaired) electrons. The fourth-order valence-electron chi connectivity index (χ4n) is 1.69. The Bertz CT molecular complexity index is 420. The first kappa shape index (κ1) is 9.22. The molecule has 0 aliphatic heterocycles. The van der Waals surface area contributed by atoms with Crippen LogP contribution in [-0.2, 0) is 6.42 Å². The summed E-state index contributed by atoms with van der Waals surface area (Å²) in [5, 5.41) is 2.59. The largest absolute Gasteiger partial charge is 0.258 e. The van der Waals surface area contributed by atoms with Crippen molar-refractivity contribution in [1.82, 2.24) is 5.73 Å². The predicted octanol–water partition coefficient (Wildman–Crippen LogP) is 3.06. The Kier molecular flexibility index (Phi) is 2.80. The second kappa shape index (κ2) is 4.25. The van der Waals surface area contributed by atoms with Gasteiger partial charge in [0.1, 0.15) is 0 Å². The molecule has 1 nitrogen and oxygen atoms in total. The highest BCUT2D eigenvalue weighted by molar-refractivity contribution is 5.82. The van der Waals surface area contributed by atoms with Crippen molar-refractivity contribution in [1.29, 1.82) is 0 Å². The van der Waals surface area contributed by atoms with Crippen molar-refractivity contribution >= 4 is 10.8 Å². The number of benzene rings is 2. The van der Waals surface area contributed by atoms with Crippen molar-refractivity contribution in [3.8, 4) is 0 Å². The molecule has 0 atom stereocenters. The minimum absolute atomic E-state index is 0.521. The maximum absolute atomic E-state index is 7.11. The SMILES string of the molecule is [NH]CCCc1ccc2ccccc2c1. The summed E-state index contributed by atoms with van der Waals surface area (Å²) in [6.07, 6.45) is 1.98. The number of aryl methyl sites for hydroxylation is 1. The van der Waals surface area contributed by atoms with E-state index in [1.54, 1.807) is 0 Å². The molecule has 0 unspecified atom stereocenters. The summed E-state index contributed by atoms with van der Waals surface area (Å²) in [6.45, 7) is 0.521. The van der Waals surface area contributed by atoms with Crippen LogP contribution in [0.4, 0.5) is 0 Å². The third-order valence-corrected chi connectivity index (χ3v) is 2.46. The molecule has 0 heterocycles. The van der Waals surface area contributed by atoms with E-state index in [0.717, 1.165) is 12.8 Å². The van der Waals surface area contributed by atoms with Gasteiger partial charge in [-0.1, -0.05) is 42.5 Å². The van der Waals surface area contributed by atoms with Gasteiger partial charge in [0.2, 0.25) is 0 Å². The number of nitrogens with one attached hydrogen (secondary N) is 1. The van der Waals surface area contributed by atoms with Crippen molar-refractivity contribution in [2.75, 3.05) is 6.54 Å². The van der Waals surface area contributed by atoms with Gasteiger partial charge in [0, 0.05) is 6.54 Å². The summed E-state index contributed by atoms with van der Waals surface area (Å²) in [7, 11) is 0. The highest BCUT2D eigenvalue weighted by Gasteiger charge is 1.95. The summed E-state index contributed by atoms with van der Waals surface area (Å²) in [5.74, 6) is 0. The van der Waals surface area contributed by atoms with Crippen LogP contribution < -0.4 is 5.73 Å². The van der Waals surface area contributed by atoms with Gasteiger partial charge in [0.25, 0.3) is 0 Å². The zero-order chi connectivity index (χ0) is 9.80. The fraction of sp³-hybridized carbons (Fsp3) is 0.231. The van der Waals surface area contributed by atoms with Crippen molar-refractivity contribution in [3.63, 3.8) is 0 Å². The normalized spacial score (nSPS) is 10.6. The molecular weight excluding hydrogens is 170 g/mol. The lowest BCUT2D eigenvalue weighted by atomic mass is 10.0. The molecule has 0 spiro atoms. The first-order valence-electron chi connectivity index (χ1n) is 5.02. The monoisotopic (exact) mass is 184 g/mol. The molecule has 0 saturated carbocycles. The van der Waals surface area contributed by atoms with Crippen molar-refractivity contribution in [2.45, 2.75) is 12.8 Å². The van der Waals surface area contributed by atoms with Crippen LogP contribution in [0.25, 0.3) is 10.8 Å². The maximum atomic E-state index is 7.11. The van der Waals surface area contributed by atoms with E-state index in [-0.39, 0.29) is 0 Å². The van der Waals surface area contributed by atoms with E-state index >= 15 is 0 Å². The molecule has 0 aliphatic rings. The second-order valence-electron chi connectivity index (χ2n) is 3.54. The average Bonchev–Trinajstić information content (AvgIpc) is 2.26. The van der Waals surface area contributed by atoms with Gasteiger partial charge in [-0.15, -0.1) is 0 Å². The Morgan fingerprint density at radius 1 is 0.929 bits per heavy atom. The third kappa shape index (κ3) is 1.94. The Morgan fingerprint density at radius 3 is 2.50 bits per heavy atom. The van der Waals surface area contributed by atoms with Gasteiger partial charge in [-0.3, -0.25) is 5.73 Å². The summed E-state index contributed by atoms with van der Waals surface area (Å²) in [4.78, 5) is 0. The van der Waals surface area contributed by atoms with Crippen LogP contribution >= 0.6 is 0 Å². The van der Waals surface area contributed by atoms with E-state index in [0.29, 0.717) is 6.54 Å². The maximum Gasteiger partial charge on any atom is 0.0103 e. The summed E-state index contributed by atoms with van der Waals surface area (Å²) in [5.41, 5.74) is 8.46. The minimum atomic E-state index is 0.521. The summed E-state index contributed by atoms with van der Waals surface area (Å²) < 4.78 is 0. The number of hydrogen-bond donors (Lipinski definition) is 0. The highest BCUT2D eigenvalue weighted by Crippen LogP contribution is 2.16. The molecule has 2 rings (SSSR count). The Balaban J connectivity index is 2.32. The molecule has 1 N–H and O–H groups in total. The van der Waals surface area contributed by atoms with Gasteiger partial charge in [-0.2, -0.15) is 0 Å². The molecule has 0 aliphatic carbocycles. The van der Waals surface area contributed by atoms with E-state index in [9.17, 15) is 0 Å². The highest BCUT2D eigenvalue weighted by atomic mass is 14.5. The zero-order valence-electron chi connectivity index (χ0n) is 8.16. The molecule has 0 aromatic heterocycles. The molecule has 0 saturated heterocycles. The van der Waals surface area contributed by atoms with Crippen LogP contribution in [0, 0.1) is 0 Å². The predicted molar refractivity (Wildman–Crippen MR) is 60.2 cm³/mol. The number of fused-ring (bicyclic) bond motifs is 1. The molecule has 71 valence electrons. The number of hydrogen-bond acceptors (Lipinski definition) is 0. The van der Waals surface area contributed by atoms with Crippen LogP contribution in [0.15, 0.2) is 42.5 Å². The van der Waals surface area contributed by atoms with Crippen LogP contribution in [0.1, 0.15) is 12.0 Å². The van der Waals surface area contributed by atoms with Gasteiger partial charge >= 0.3 is 0 Å². The van der Waals surface area contributed by atoms with E-state index < -0.39 is 0 Å². The standard InChI is InChI=1S/C13H14N/c14-9-3-4-11-7-8-12-5-1-2-6-13(12)10-11/h1-2,5-8,10,14H,3-4,9H2. The second-order valence-corrected chi connectivity index (χ2v) is 3.54. The molecule has 2 aromatic carbocycles. The lowest BCUT2D eigenvalue weighted by molar-refractivity contribution is 0.818. The number of rotatable bonds is 3. The summed E-state index contributed by atoms with van der Waals surface area (Å²) in [6, 6.07) is 14.9. The van der Waals surface area contributed by atoms with E-state index in [1.807, 2.05) is 0 Å². The molecular formula is C13H14N. The third-order valence-electron chi connectivity index (χ3n) is 2.46. The lowest BCUT2D eigenvalue weighted by Crippen LogP contribution is -1.90. The fourth-order valence-corrected chi connectivity index (χ4v) is 1.69. The molecule has 0 fully saturated rings. The van der Waals surface area contributed by atoms with Gasteiger partial charge < -0.3 is 0 Å². The zero-order valence-corrected chi connectivity index (χ0v) is 8.16. The molecule has 2 aromatic rings. The van der Waals surface area contributed by atoms with Crippen LogP contribution in [0.5, 0.6) is 0 Å². The van der Waals surface area contributed by atoms with Gasteiger partial charge in [-0.25, -0.2) is 0 Å². The Hall–Kier alpha value is -1.34. The van der Waals surface area contributed by atoms with Gasteiger partial charge in [0.05, 0.1) is 0 Å². The average molecular weight is 184 g/mol. The molecule has 1 heteroatoms. The molecule has 14 heavy (non-hydrogen) atoms. The van der Waals surface area contributed by atoms with Crippen molar-refractivity contribution in [2.24, 2.45) is 0 Å². The first-order chi connectivity index (χ1) is 6.90. The Morgan fingerprint density at radius 2 is 1.71 bits per heavy atom. The lowest BCUT2D eigenvalue weighted by Gasteiger charge is -2.02. The van der Waals surface area contributed by atoms with Crippen LogP contribution in [-0.4, -0.2) is 6.54 Å². The van der Waals surface area contributed by atoms with Crippen LogP contribution in [0.3, 0.4) is 0 Å². The van der Waals surface area contributed by atoms with Crippen LogP contribution in [0.2, 0.25) is 0 Å². The van der Waals surface area contributed by atoms with E-state index in [2.05, 4.69) is 42.5 Å². The topological polar surface area (TPSA) is 23.8 Å². The van der Waals surface area contributed by atoms with Gasteiger partial charge in [0.15, 0.2) is 0 Å². The molecule has 0 amide bonds.